The molecule has 4 bridgehead atoms. The second-order valence-electron chi connectivity index (χ2n) is 19.6. The summed E-state index contributed by atoms with van der Waals surface area (Å²) in [4.78, 5) is 19.0. The Hall–Kier alpha value is -7.41. The van der Waals surface area contributed by atoms with Gasteiger partial charge in [0.05, 0.1) is 22.4 Å². The van der Waals surface area contributed by atoms with Crippen molar-refractivity contribution < 1.29 is 0 Å². The van der Waals surface area contributed by atoms with Gasteiger partial charge in [0, 0.05) is 21.8 Å². The lowest BCUT2D eigenvalue weighted by atomic mass is 9.41. The topological polar surface area (TPSA) is 46.8 Å². The average Bonchev–Trinajstić information content (AvgIpc) is 3.73. The summed E-state index contributed by atoms with van der Waals surface area (Å²) in [5, 5.41) is 7.68. The van der Waals surface area contributed by atoms with Gasteiger partial charge in [0.25, 0.3) is 0 Å². The van der Waals surface area contributed by atoms with Crippen LogP contribution < -0.4 is 25.6 Å². The SMILES string of the molecule is c1ccc([Si](c2ccccc2)(c2ccccc2)c2ccc(-c3nc(N4c5ccccc5C5(c6ccccc64)C4CC6CC(C4)CC5C6)nc(-n4c5ccccc5c5ccccc54)n3)cc2)cc1. The van der Waals surface area contributed by atoms with Crippen molar-refractivity contribution in [1.82, 2.24) is 19.5 Å². The molecule has 322 valence electrons. The Morgan fingerprint density at radius 2 is 0.806 bits per heavy atom. The molecule has 0 radical (unpaired) electrons. The van der Waals surface area contributed by atoms with E-state index in [0.717, 1.165) is 28.4 Å². The van der Waals surface area contributed by atoms with Gasteiger partial charge in [-0.1, -0.05) is 188 Å². The van der Waals surface area contributed by atoms with Crippen LogP contribution in [0.2, 0.25) is 0 Å². The molecule has 4 saturated carbocycles. The fourth-order valence-corrected chi connectivity index (χ4v) is 18.8. The molecule has 2 aromatic heterocycles. The molecule has 1 spiro atoms. The maximum Gasteiger partial charge on any atom is 0.240 e. The highest BCUT2D eigenvalue weighted by atomic mass is 28.3. The predicted molar refractivity (Wildman–Crippen MR) is 276 cm³/mol. The van der Waals surface area contributed by atoms with Crippen molar-refractivity contribution in [3.63, 3.8) is 0 Å². The van der Waals surface area contributed by atoms with Crippen molar-refractivity contribution in [2.75, 3.05) is 4.90 Å². The van der Waals surface area contributed by atoms with Crippen LogP contribution in [0.15, 0.2) is 212 Å². The van der Waals surface area contributed by atoms with E-state index in [9.17, 15) is 0 Å². The van der Waals surface area contributed by atoms with Crippen molar-refractivity contribution >= 4 is 67.9 Å². The standard InChI is InChI=1S/C61H49N5Si/c1-4-18-46(19-5-1)67(47-20-6-2-7-21-47,48-22-8-3-9-23-48)49-34-32-43(33-35-49)58-62-59(65-54-28-14-10-24-50(54)51-25-11-15-29-55(51)65)64-60(63-58)66-56-30-16-12-26-52(56)61(53-27-13-17-31-57(53)66)44-37-41-36-42(39-44)40-45(61)38-41/h1-35,41-42,44-45H,36-40H2. The van der Waals surface area contributed by atoms with E-state index in [1.54, 1.807) is 0 Å². The molecular weight excluding hydrogens is 831 g/mol. The Morgan fingerprint density at radius 1 is 0.388 bits per heavy atom. The second kappa shape index (κ2) is 15.1. The molecule has 0 N–H and O–H groups in total. The van der Waals surface area contributed by atoms with Gasteiger partial charge >= 0.3 is 0 Å². The highest BCUT2D eigenvalue weighted by molar-refractivity contribution is 7.19. The van der Waals surface area contributed by atoms with E-state index in [1.807, 2.05) is 0 Å². The molecule has 5 aliphatic rings. The molecule has 8 aromatic carbocycles. The third kappa shape index (κ3) is 5.63. The van der Waals surface area contributed by atoms with Gasteiger partial charge < -0.3 is 0 Å². The van der Waals surface area contributed by atoms with E-state index >= 15 is 0 Å². The van der Waals surface area contributed by atoms with Crippen LogP contribution in [0.25, 0.3) is 39.1 Å². The fraction of sp³-hybridized carbons (Fsp3) is 0.164. The van der Waals surface area contributed by atoms with Crippen LogP contribution in [0, 0.1) is 23.7 Å². The summed E-state index contributed by atoms with van der Waals surface area (Å²) in [7, 11) is -2.75. The average molecular weight is 880 g/mol. The third-order valence-corrected chi connectivity index (χ3v) is 21.2. The molecule has 1 aliphatic heterocycles. The minimum absolute atomic E-state index is 0.0227. The van der Waals surface area contributed by atoms with Crippen LogP contribution in [0.1, 0.15) is 43.2 Å². The van der Waals surface area contributed by atoms with Gasteiger partial charge in [-0.05, 0) is 112 Å². The fourth-order valence-electron chi connectivity index (χ4n) is 14.1. The quantitative estimate of drug-likeness (QED) is 0.118. The van der Waals surface area contributed by atoms with Crippen LogP contribution in [-0.4, -0.2) is 27.6 Å². The van der Waals surface area contributed by atoms with Crippen molar-refractivity contribution in [2.45, 2.75) is 37.5 Å². The van der Waals surface area contributed by atoms with Crippen molar-refractivity contribution in [3.8, 4) is 17.3 Å². The van der Waals surface area contributed by atoms with Gasteiger partial charge in [-0.2, -0.15) is 15.0 Å². The van der Waals surface area contributed by atoms with Crippen molar-refractivity contribution in [3.05, 3.63) is 223 Å². The highest BCUT2D eigenvalue weighted by Crippen LogP contribution is 2.69. The van der Waals surface area contributed by atoms with Crippen LogP contribution in [-0.2, 0) is 5.41 Å². The molecule has 0 atom stereocenters. The summed E-state index contributed by atoms with van der Waals surface area (Å²) < 4.78 is 2.24. The first kappa shape index (κ1) is 38.8. The van der Waals surface area contributed by atoms with Gasteiger partial charge in [0.15, 0.2) is 13.9 Å². The summed E-state index contributed by atoms with van der Waals surface area (Å²) in [5.74, 6) is 4.86. The van der Waals surface area contributed by atoms with E-state index in [2.05, 4.69) is 222 Å². The Bertz CT molecular complexity index is 3270. The normalized spacial score (nSPS) is 20.0. The number of hydrogen-bond donors (Lipinski definition) is 0. The van der Waals surface area contributed by atoms with Crippen LogP contribution in [0.3, 0.4) is 0 Å². The number of rotatable bonds is 7. The monoisotopic (exact) mass is 879 g/mol. The molecule has 4 aliphatic carbocycles. The molecular formula is C61H49N5Si. The number of nitrogens with zero attached hydrogens (tertiary/aromatic N) is 5. The Kier molecular flexibility index (Phi) is 8.72. The summed E-state index contributed by atoms with van der Waals surface area (Å²) >= 11 is 0. The molecule has 0 saturated heterocycles. The van der Waals surface area contributed by atoms with Crippen LogP contribution in [0.4, 0.5) is 17.3 Å². The zero-order valence-electron chi connectivity index (χ0n) is 37.3. The van der Waals surface area contributed by atoms with E-state index < -0.39 is 8.07 Å². The molecule has 3 heterocycles. The van der Waals surface area contributed by atoms with E-state index in [1.165, 1.54) is 86.1 Å². The van der Waals surface area contributed by atoms with Crippen molar-refractivity contribution in [2.24, 2.45) is 23.7 Å². The maximum absolute atomic E-state index is 5.60. The number of para-hydroxylation sites is 4. The minimum atomic E-state index is -2.75. The third-order valence-electron chi connectivity index (χ3n) is 16.4. The van der Waals surface area contributed by atoms with Gasteiger partial charge in [0.2, 0.25) is 11.9 Å². The smallest absolute Gasteiger partial charge is 0.240 e. The van der Waals surface area contributed by atoms with E-state index in [0.29, 0.717) is 29.6 Å². The van der Waals surface area contributed by atoms with Crippen LogP contribution in [0.5, 0.6) is 0 Å². The molecule has 0 amide bonds. The first-order valence-corrected chi connectivity index (χ1v) is 26.2. The molecule has 10 aromatic rings. The first-order chi connectivity index (χ1) is 33.2. The van der Waals surface area contributed by atoms with E-state index in [4.69, 9.17) is 15.0 Å². The zero-order valence-corrected chi connectivity index (χ0v) is 38.3. The molecule has 15 rings (SSSR count). The van der Waals surface area contributed by atoms with E-state index in [-0.39, 0.29) is 5.41 Å². The summed E-state index contributed by atoms with van der Waals surface area (Å²) in [6, 6.07) is 78.3. The maximum atomic E-state index is 5.60. The number of benzene rings is 8. The molecule has 0 unspecified atom stereocenters. The van der Waals surface area contributed by atoms with Crippen LogP contribution >= 0.6 is 0 Å². The number of aromatic nitrogens is 4. The van der Waals surface area contributed by atoms with Gasteiger partial charge in [-0.25, -0.2) is 0 Å². The lowest BCUT2D eigenvalue weighted by Crippen LogP contribution is -2.74. The largest absolute Gasteiger partial charge is 0.278 e. The lowest BCUT2D eigenvalue weighted by Gasteiger charge is -2.64. The molecule has 5 nitrogen and oxygen atoms in total. The molecule has 4 fully saturated rings. The number of fused-ring (bicyclic) bond motifs is 5. The lowest BCUT2D eigenvalue weighted by molar-refractivity contribution is -0.0419. The second-order valence-corrected chi connectivity index (χ2v) is 23.4. The summed E-state index contributed by atoms with van der Waals surface area (Å²) in [6.07, 6.45) is 6.71. The zero-order chi connectivity index (χ0) is 44.1. The van der Waals surface area contributed by atoms with Gasteiger partial charge in [-0.15, -0.1) is 0 Å². The Balaban J connectivity index is 0.999. The Morgan fingerprint density at radius 3 is 1.31 bits per heavy atom. The van der Waals surface area contributed by atoms with Gasteiger partial charge in [-0.3, -0.25) is 9.47 Å². The predicted octanol–water partition coefficient (Wildman–Crippen LogP) is 11.5. The minimum Gasteiger partial charge on any atom is -0.278 e. The van der Waals surface area contributed by atoms with Gasteiger partial charge in [0.1, 0.15) is 0 Å². The van der Waals surface area contributed by atoms with Crippen molar-refractivity contribution in [1.29, 1.82) is 0 Å². The molecule has 67 heavy (non-hydrogen) atoms. The summed E-state index contributed by atoms with van der Waals surface area (Å²) in [5.41, 5.74) is 8.33. The highest BCUT2D eigenvalue weighted by Gasteiger charge is 2.61. The first-order valence-electron chi connectivity index (χ1n) is 24.2. The Labute approximate surface area is 392 Å². The number of anilines is 3. The molecule has 6 heteroatoms. The summed E-state index contributed by atoms with van der Waals surface area (Å²) in [6.45, 7) is 0. The number of hydrogen-bond acceptors (Lipinski definition) is 4.